The van der Waals surface area contributed by atoms with Crippen LogP contribution >= 0.6 is 11.3 Å². The zero-order valence-electron chi connectivity index (χ0n) is 11.6. The van der Waals surface area contributed by atoms with E-state index in [2.05, 4.69) is 10.1 Å². The number of aryl methyl sites for hydroxylation is 2. The third kappa shape index (κ3) is 3.53. The van der Waals surface area contributed by atoms with Gasteiger partial charge in [-0.1, -0.05) is 0 Å². The summed E-state index contributed by atoms with van der Waals surface area (Å²) in [6.07, 6.45) is -3.52. The standard InChI is InChI=1S/C11H12F3N5O2S/c1-6-4-22-9(16-6)8(11(12,13)14)17-7(20)3-19-10(21)18(2)5-15-19/h4-5,8H,3H2,1-2H3,(H,17,20). The second-order valence-corrected chi connectivity index (χ2v) is 5.44. The minimum absolute atomic E-state index is 0.258. The number of nitrogens with one attached hydrogen (secondary N) is 1. The Hall–Kier alpha value is -2.17. The second kappa shape index (κ2) is 5.91. The first-order valence-electron chi connectivity index (χ1n) is 6.05. The van der Waals surface area contributed by atoms with Crippen LogP contribution in [0.15, 0.2) is 16.5 Å². The van der Waals surface area contributed by atoms with Gasteiger partial charge in [-0.05, 0) is 6.92 Å². The summed E-state index contributed by atoms with van der Waals surface area (Å²) in [7, 11) is 1.42. The quantitative estimate of drug-likeness (QED) is 0.895. The lowest BCUT2D eigenvalue weighted by Crippen LogP contribution is -2.41. The predicted molar refractivity (Wildman–Crippen MR) is 71.3 cm³/mol. The maximum Gasteiger partial charge on any atom is 0.415 e. The lowest BCUT2D eigenvalue weighted by Gasteiger charge is -2.19. The molecule has 0 aliphatic heterocycles. The average Bonchev–Trinajstić information content (AvgIpc) is 2.96. The first kappa shape index (κ1) is 16.2. The number of thiazole rings is 1. The number of hydrogen-bond acceptors (Lipinski definition) is 5. The van der Waals surface area contributed by atoms with Crippen LogP contribution in [0.5, 0.6) is 0 Å². The first-order chi connectivity index (χ1) is 10.2. The topological polar surface area (TPSA) is 81.8 Å². The minimum Gasteiger partial charge on any atom is -0.337 e. The molecule has 0 saturated heterocycles. The molecule has 2 aromatic rings. The van der Waals surface area contributed by atoms with Crippen molar-refractivity contribution in [3.8, 4) is 0 Å². The van der Waals surface area contributed by atoms with Crippen LogP contribution in [0.2, 0.25) is 0 Å². The fraction of sp³-hybridized carbons (Fsp3) is 0.455. The second-order valence-electron chi connectivity index (χ2n) is 4.55. The normalized spacial score (nSPS) is 13.1. The van der Waals surface area contributed by atoms with Crippen LogP contribution in [0.1, 0.15) is 16.7 Å². The molecule has 1 unspecified atom stereocenters. The number of rotatable bonds is 4. The van der Waals surface area contributed by atoms with Gasteiger partial charge in [-0.25, -0.2) is 14.5 Å². The zero-order valence-corrected chi connectivity index (χ0v) is 12.4. The van der Waals surface area contributed by atoms with E-state index in [1.54, 1.807) is 6.92 Å². The Labute approximate surface area is 126 Å². The highest BCUT2D eigenvalue weighted by Crippen LogP contribution is 2.34. The SMILES string of the molecule is Cc1csc(C(NC(=O)Cn2ncn(C)c2=O)C(F)(F)F)n1. The molecule has 2 heterocycles. The molecule has 0 bridgehead atoms. The summed E-state index contributed by atoms with van der Waals surface area (Å²) >= 11 is 0.806. The fourth-order valence-corrected chi connectivity index (χ4v) is 2.53. The number of carbonyl (C=O) groups is 1. The number of hydrogen-bond donors (Lipinski definition) is 1. The maximum atomic E-state index is 13.1. The highest BCUT2D eigenvalue weighted by Gasteiger charge is 2.43. The van der Waals surface area contributed by atoms with E-state index in [1.807, 2.05) is 5.32 Å². The molecule has 0 saturated carbocycles. The highest BCUT2D eigenvalue weighted by molar-refractivity contribution is 7.09. The summed E-state index contributed by atoms with van der Waals surface area (Å²) in [6, 6.07) is -2.21. The Kier molecular flexibility index (Phi) is 4.35. The monoisotopic (exact) mass is 335 g/mol. The van der Waals surface area contributed by atoms with Crippen LogP contribution in [0.25, 0.3) is 0 Å². The lowest BCUT2D eigenvalue weighted by atomic mass is 10.3. The van der Waals surface area contributed by atoms with E-state index in [0.717, 1.165) is 20.6 Å². The predicted octanol–water partition coefficient (Wildman–Crippen LogP) is 0.767. The molecular formula is C11H12F3N5O2S. The smallest absolute Gasteiger partial charge is 0.337 e. The van der Waals surface area contributed by atoms with Gasteiger partial charge in [0.15, 0.2) is 6.04 Å². The molecule has 1 amide bonds. The number of carbonyl (C=O) groups excluding carboxylic acids is 1. The van der Waals surface area contributed by atoms with Crippen LogP contribution in [0.4, 0.5) is 13.2 Å². The summed E-state index contributed by atoms with van der Waals surface area (Å²) in [5.74, 6) is -0.976. The van der Waals surface area contributed by atoms with Crippen molar-refractivity contribution in [3.05, 3.63) is 32.9 Å². The highest BCUT2D eigenvalue weighted by atomic mass is 32.1. The van der Waals surface area contributed by atoms with E-state index < -0.39 is 30.4 Å². The van der Waals surface area contributed by atoms with Crippen LogP contribution in [0.3, 0.4) is 0 Å². The Bertz CT molecular complexity index is 733. The van der Waals surface area contributed by atoms with Crippen LogP contribution in [-0.2, 0) is 18.4 Å². The number of alkyl halides is 3. The van der Waals surface area contributed by atoms with Crippen molar-refractivity contribution in [3.63, 3.8) is 0 Å². The van der Waals surface area contributed by atoms with Crippen molar-refractivity contribution in [2.45, 2.75) is 25.7 Å². The molecule has 0 radical (unpaired) electrons. The number of halogens is 3. The molecule has 0 fully saturated rings. The van der Waals surface area contributed by atoms with Gasteiger partial charge in [-0.2, -0.15) is 18.3 Å². The Balaban J connectivity index is 2.15. The van der Waals surface area contributed by atoms with Gasteiger partial charge < -0.3 is 5.32 Å². The first-order valence-corrected chi connectivity index (χ1v) is 6.93. The Morgan fingerprint density at radius 1 is 1.50 bits per heavy atom. The van der Waals surface area contributed by atoms with E-state index in [9.17, 15) is 22.8 Å². The van der Waals surface area contributed by atoms with Crippen molar-refractivity contribution in [2.24, 2.45) is 7.05 Å². The molecule has 0 spiro atoms. The summed E-state index contributed by atoms with van der Waals surface area (Å²) < 4.78 is 41.1. The minimum atomic E-state index is -4.69. The van der Waals surface area contributed by atoms with Crippen LogP contribution in [0, 0.1) is 6.92 Å². The van der Waals surface area contributed by atoms with E-state index in [1.165, 1.54) is 18.8 Å². The third-order valence-corrected chi connectivity index (χ3v) is 3.72. The maximum absolute atomic E-state index is 13.1. The fourth-order valence-electron chi connectivity index (χ4n) is 1.66. The number of nitrogens with zero attached hydrogens (tertiary/aromatic N) is 4. The van der Waals surface area contributed by atoms with E-state index in [4.69, 9.17) is 0 Å². The molecule has 0 aromatic carbocycles. The molecule has 11 heteroatoms. The summed E-state index contributed by atoms with van der Waals surface area (Å²) in [5.41, 5.74) is -0.159. The molecule has 22 heavy (non-hydrogen) atoms. The molecule has 0 aliphatic carbocycles. The van der Waals surface area contributed by atoms with Crippen LogP contribution < -0.4 is 11.0 Å². The van der Waals surface area contributed by atoms with E-state index in [0.29, 0.717) is 5.69 Å². The van der Waals surface area contributed by atoms with Gasteiger partial charge in [0.25, 0.3) is 0 Å². The van der Waals surface area contributed by atoms with E-state index >= 15 is 0 Å². The molecule has 1 N–H and O–H groups in total. The Morgan fingerprint density at radius 2 is 2.18 bits per heavy atom. The Morgan fingerprint density at radius 3 is 2.64 bits per heavy atom. The molecule has 2 rings (SSSR count). The zero-order chi connectivity index (χ0) is 16.5. The van der Waals surface area contributed by atoms with Crippen molar-refractivity contribution in [2.75, 3.05) is 0 Å². The van der Waals surface area contributed by atoms with Gasteiger partial charge in [0, 0.05) is 18.1 Å². The number of amides is 1. The molecule has 120 valence electrons. The average molecular weight is 335 g/mol. The van der Waals surface area contributed by atoms with E-state index in [-0.39, 0.29) is 5.01 Å². The molecule has 1 atom stereocenters. The van der Waals surface area contributed by atoms with Crippen molar-refractivity contribution < 1.29 is 18.0 Å². The van der Waals surface area contributed by atoms with Gasteiger partial charge >= 0.3 is 11.9 Å². The van der Waals surface area contributed by atoms with Crippen molar-refractivity contribution in [1.82, 2.24) is 24.6 Å². The van der Waals surface area contributed by atoms with Crippen molar-refractivity contribution in [1.29, 1.82) is 0 Å². The van der Waals surface area contributed by atoms with Gasteiger partial charge in [-0.3, -0.25) is 9.36 Å². The largest absolute Gasteiger partial charge is 0.415 e. The van der Waals surface area contributed by atoms with Gasteiger partial charge in [0.05, 0.1) is 0 Å². The van der Waals surface area contributed by atoms with Crippen molar-refractivity contribution >= 4 is 17.2 Å². The third-order valence-electron chi connectivity index (χ3n) is 2.70. The lowest BCUT2D eigenvalue weighted by molar-refractivity contribution is -0.163. The summed E-state index contributed by atoms with van der Waals surface area (Å²) in [6.45, 7) is 0.958. The van der Waals surface area contributed by atoms with Gasteiger partial charge in [-0.15, -0.1) is 11.3 Å². The molecule has 0 aliphatic rings. The molecule has 7 nitrogen and oxygen atoms in total. The molecular weight excluding hydrogens is 323 g/mol. The summed E-state index contributed by atoms with van der Waals surface area (Å²) in [4.78, 5) is 27.0. The van der Waals surface area contributed by atoms with Crippen LogP contribution in [-0.4, -0.2) is 31.4 Å². The molecule has 2 aromatic heterocycles. The number of aromatic nitrogens is 4. The summed E-state index contributed by atoms with van der Waals surface area (Å²) in [5, 5.41) is 6.66. The van der Waals surface area contributed by atoms with Gasteiger partial charge in [0.1, 0.15) is 17.9 Å². The van der Waals surface area contributed by atoms with Gasteiger partial charge in [0.2, 0.25) is 5.91 Å².